The number of carbonyl (C=O) groups excluding carboxylic acids is 2. The molecule has 2 aliphatic heterocycles. The minimum Gasteiger partial charge on any atom is -0.477 e. The van der Waals surface area contributed by atoms with Crippen LogP contribution in [0, 0.1) is 0 Å². The number of β-lactam (4-membered cyclic amide) rings is 1. The number of benzene rings is 1. The van der Waals surface area contributed by atoms with Crippen molar-refractivity contribution in [1.82, 2.24) is 20.2 Å². The highest BCUT2D eigenvalue weighted by Crippen LogP contribution is 2.44. The number of anilines is 1. The minimum absolute atomic E-state index is 0.103. The van der Waals surface area contributed by atoms with Crippen LogP contribution in [0.5, 0.6) is 0 Å². The second kappa shape index (κ2) is 8.36. The summed E-state index contributed by atoms with van der Waals surface area (Å²) in [4.78, 5) is 46.8. The van der Waals surface area contributed by atoms with E-state index in [-0.39, 0.29) is 23.8 Å². The highest BCUT2D eigenvalue weighted by atomic mass is 32.2. The first kappa shape index (κ1) is 20.2. The van der Waals surface area contributed by atoms with Crippen LogP contribution in [0.4, 0.5) is 5.82 Å². The average molecular weight is 444 g/mol. The van der Waals surface area contributed by atoms with Crippen molar-refractivity contribution in [2.45, 2.75) is 23.0 Å². The van der Waals surface area contributed by atoms with Crippen molar-refractivity contribution >= 4 is 47.1 Å². The maximum absolute atomic E-state index is 12.7. The van der Waals surface area contributed by atoms with Crippen LogP contribution in [0.2, 0.25) is 0 Å². The zero-order chi connectivity index (χ0) is 21.3. The number of nitrogens with one attached hydrogen (secondary N) is 1. The van der Waals surface area contributed by atoms with Crippen LogP contribution in [-0.2, 0) is 20.8 Å². The molecule has 1 saturated heterocycles. The molecule has 1 fully saturated rings. The predicted octanol–water partition coefficient (Wildman–Crippen LogP) is 1.09. The van der Waals surface area contributed by atoms with E-state index in [1.807, 2.05) is 30.3 Å². The van der Waals surface area contributed by atoms with Crippen LogP contribution in [0.1, 0.15) is 5.56 Å². The van der Waals surface area contributed by atoms with Gasteiger partial charge in [0.1, 0.15) is 22.9 Å². The molecule has 0 bridgehead atoms. The van der Waals surface area contributed by atoms with Gasteiger partial charge in [-0.3, -0.25) is 14.5 Å². The third-order valence-electron chi connectivity index (χ3n) is 4.53. The zero-order valence-corrected chi connectivity index (χ0v) is 17.2. The summed E-state index contributed by atoms with van der Waals surface area (Å²) in [6, 6.07) is 9.97. The van der Waals surface area contributed by atoms with Crippen molar-refractivity contribution in [2.24, 2.45) is 0 Å². The number of carboxylic acids is 1. The fourth-order valence-corrected chi connectivity index (χ4v) is 5.59. The van der Waals surface area contributed by atoms with Crippen molar-refractivity contribution < 1.29 is 19.5 Å². The largest absolute Gasteiger partial charge is 0.477 e. The van der Waals surface area contributed by atoms with Gasteiger partial charge in [-0.25, -0.2) is 14.8 Å². The van der Waals surface area contributed by atoms with E-state index in [2.05, 4.69) is 15.3 Å². The Balaban J connectivity index is 1.49. The van der Waals surface area contributed by atoms with Gasteiger partial charge in [0.25, 0.3) is 5.91 Å². The fraction of sp³-hybridized carbons (Fsp3) is 0.211. The van der Waals surface area contributed by atoms with Crippen molar-refractivity contribution in [3.63, 3.8) is 0 Å². The monoisotopic (exact) mass is 443 g/mol. The number of thioether (sulfide) groups is 2. The summed E-state index contributed by atoms with van der Waals surface area (Å²) in [7, 11) is 0. The molecule has 0 radical (unpaired) electrons. The molecule has 2 aromatic rings. The van der Waals surface area contributed by atoms with Crippen LogP contribution in [0.3, 0.4) is 0 Å². The number of hydrogen-bond donors (Lipinski definition) is 3. The number of nitrogens with two attached hydrogens (primary N) is 1. The average Bonchev–Trinajstić information content (AvgIpc) is 2.72. The summed E-state index contributed by atoms with van der Waals surface area (Å²) < 4.78 is 0. The molecule has 0 spiro atoms. The third kappa shape index (κ3) is 3.98. The number of amides is 2. The van der Waals surface area contributed by atoms with Gasteiger partial charge in [-0.2, -0.15) is 0 Å². The molecule has 4 rings (SSSR count). The molecular weight excluding hydrogens is 426 g/mol. The molecule has 4 N–H and O–H groups in total. The van der Waals surface area contributed by atoms with Gasteiger partial charge < -0.3 is 16.2 Å². The Kier molecular flexibility index (Phi) is 5.64. The van der Waals surface area contributed by atoms with Gasteiger partial charge in [-0.15, -0.1) is 11.8 Å². The molecule has 2 aliphatic rings. The second-order valence-electron chi connectivity index (χ2n) is 6.56. The lowest BCUT2D eigenvalue weighted by Crippen LogP contribution is -2.70. The van der Waals surface area contributed by atoms with Crippen LogP contribution in [-0.4, -0.2) is 54.9 Å². The van der Waals surface area contributed by atoms with Crippen molar-refractivity contribution in [1.29, 1.82) is 0 Å². The van der Waals surface area contributed by atoms with Crippen LogP contribution >= 0.6 is 23.5 Å². The number of aromatic nitrogens is 2. The highest BCUT2D eigenvalue weighted by molar-refractivity contribution is 8.06. The smallest absolute Gasteiger partial charge is 0.353 e. The Labute approximate surface area is 180 Å². The summed E-state index contributed by atoms with van der Waals surface area (Å²) in [5.41, 5.74) is 6.39. The molecule has 30 heavy (non-hydrogen) atoms. The first-order valence-corrected chi connectivity index (χ1v) is 10.8. The lowest BCUT2D eigenvalue weighted by Gasteiger charge is -2.49. The maximum Gasteiger partial charge on any atom is 0.353 e. The Morgan fingerprint density at radius 3 is 2.77 bits per heavy atom. The molecule has 3 heterocycles. The topological polar surface area (TPSA) is 139 Å². The normalized spacial score (nSPS) is 20.4. The molecule has 2 amide bonds. The second-order valence-corrected chi connectivity index (χ2v) is 8.73. The van der Waals surface area contributed by atoms with Crippen molar-refractivity contribution in [2.75, 3.05) is 11.5 Å². The zero-order valence-electron chi connectivity index (χ0n) is 15.5. The summed E-state index contributed by atoms with van der Waals surface area (Å²) in [6.45, 7) is 0. The molecule has 0 saturated carbocycles. The number of nitrogens with zero attached hydrogens (tertiary/aromatic N) is 3. The van der Waals surface area contributed by atoms with E-state index < -0.39 is 23.3 Å². The Morgan fingerprint density at radius 1 is 1.30 bits per heavy atom. The number of nitrogen functional groups attached to an aromatic ring is 1. The van der Waals surface area contributed by atoms with Gasteiger partial charge in [-0.05, 0) is 11.6 Å². The molecule has 9 nitrogen and oxygen atoms in total. The summed E-state index contributed by atoms with van der Waals surface area (Å²) >= 11 is 2.46. The van der Waals surface area contributed by atoms with Gasteiger partial charge in [0.2, 0.25) is 5.91 Å². The van der Waals surface area contributed by atoms with E-state index in [1.54, 1.807) is 0 Å². The summed E-state index contributed by atoms with van der Waals surface area (Å²) in [5, 5.41) is 12.3. The fourth-order valence-electron chi connectivity index (χ4n) is 3.19. The van der Waals surface area contributed by atoms with Crippen LogP contribution in [0.25, 0.3) is 0 Å². The van der Waals surface area contributed by atoms with Gasteiger partial charge >= 0.3 is 5.97 Å². The molecule has 1 aromatic heterocycles. The molecule has 154 valence electrons. The lowest BCUT2D eigenvalue weighted by molar-refractivity contribution is -0.150. The van der Waals surface area contributed by atoms with E-state index >= 15 is 0 Å². The van der Waals surface area contributed by atoms with E-state index in [1.165, 1.54) is 28.9 Å². The molecule has 0 unspecified atom stereocenters. The van der Waals surface area contributed by atoms with E-state index in [0.29, 0.717) is 15.8 Å². The lowest BCUT2D eigenvalue weighted by atomic mass is 10.0. The first-order valence-electron chi connectivity index (χ1n) is 8.95. The molecule has 2 atom stereocenters. The van der Waals surface area contributed by atoms with Gasteiger partial charge in [0.15, 0.2) is 5.16 Å². The summed E-state index contributed by atoms with van der Waals surface area (Å²) in [5.74, 6) is -1.32. The quantitative estimate of drug-likeness (QED) is 0.442. The predicted molar refractivity (Wildman–Crippen MR) is 112 cm³/mol. The van der Waals surface area contributed by atoms with E-state index in [4.69, 9.17) is 5.73 Å². The molecule has 0 aliphatic carbocycles. The Bertz CT molecular complexity index is 1050. The van der Waals surface area contributed by atoms with Crippen molar-refractivity contribution in [3.05, 3.63) is 58.8 Å². The number of carboxylic acid groups (broad SMARTS) is 1. The number of aliphatic carboxylic acids is 1. The third-order valence-corrected chi connectivity index (χ3v) is 6.96. The first-order chi connectivity index (χ1) is 14.4. The Morgan fingerprint density at radius 2 is 2.07 bits per heavy atom. The van der Waals surface area contributed by atoms with Crippen molar-refractivity contribution in [3.8, 4) is 0 Å². The Hall–Kier alpha value is -3.05. The van der Waals surface area contributed by atoms with Gasteiger partial charge in [-0.1, -0.05) is 42.1 Å². The van der Waals surface area contributed by atoms with Crippen LogP contribution in [0.15, 0.2) is 58.4 Å². The maximum atomic E-state index is 12.7. The molecular formula is C19H17N5O4S2. The number of hydrogen-bond acceptors (Lipinski definition) is 8. The standard InChI is InChI=1S/C19H17N5O4S2/c20-12-6-7-21-19(22-12)30-11-9-29-17-14(16(26)24(17)15(11)18(27)28)23-13(25)8-10-4-2-1-3-5-10/h1-7,14,17H,8-9H2,(H,23,25)(H,27,28)(H2,20,21,22)/t14-,17-/m1/s1. The SMILES string of the molecule is Nc1ccnc(SC2=C(C(=O)O)N3C(=O)[C@@H](NC(=O)Cc4ccccc4)[C@H]3SC2)n1. The highest BCUT2D eigenvalue weighted by Gasteiger charge is 2.54. The van der Waals surface area contributed by atoms with Gasteiger partial charge in [0, 0.05) is 16.9 Å². The van der Waals surface area contributed by atoms with Gasteiger partial charge in [0.05, 0.1) is 6.42 Å². The molecule has 11 heteroatoms. The molecule has 1 aromatic carbocycles. The minimum atomic E-state index is -1.21. The summed E-state index contributed by atoms with van der Waals surface area (Å²) in [6.07, 6.45) is 1.63. The number of carbonyl (C=O) groups is 3. The van der Waals surface area contributed by atoms with Crippen LogP contribution < -0.4 is 11.1 Å². The number of rotatable bonds is 6. The number of fused-ring (bicyclic) bond motifs is 1. The van der Waals surface area contributed by atoms with E-state index in [9.17, 15) is 19.5 Å². The van der Waals surface area contributed by atoms with E-state index in [0.717, 1.165) is 17.3 Å².